The van der Waals surface area contributed by atoms with Gasteiger partial charge >= 0.3 is 0 Å². The van der Waals surface area contributed by atoms with Crippen LogP contribution in [0.5, 0.6) is 5.75 Å². The second kappa shape index (κ2) is 6.48. The third kappa shape index (κ3) is 3.90. The maximum atomic E-state index is 6.17. The molecule has 0 heterocycles. The first-order valence-corrected chi connectivity index (χ1v) is 6.71. The van der Waals surface area contributed by atoms with Crippen molar-refractivity contribution < 1.29 is 4.74 Å². The average Bonchev–Trinajstić information content (AvgIpc) is 2.42. The first kappa shape index (κ1) is 13.8. The maximum Gasteiger partial charge on any atom is 0.119 e. The summed E-state index contributed by atoms with van der Waals surface area (Å²) in [6.07, 6.45) is 0.895. The Labute approximate surface area is 119 Å². The van der Waals surface area contributed by atoms with E-state index in [0.717, 1.165) is 28.4 Å². The van der Waals surface area contributed by atoms with Gasteiger partial charge in [-0.05, 0) is 49.2 Å². The van der Waals surface area contributed by atoms with Crippen LogP contribution in [0, 0.1) is 0 Å². The average molecular weight is 276 g/mol. The third-order valence-electron chi connectivity index (χ3n) is 2.99. The van der Waals surface area contributed by atoms with Gasteiger partial charge in [0.2, 0.25) is 0 Å². The van der Waals surface area contributed by atoms with Crippen LogP contribution in [0.3, 0.4) is 0 Å². The fourth-order valence-corrected chi connectivity index (χ4v) is 2.23. The fourth-order valence-electron chi connectivity index (χ4n) is 2.02. The molecule has 2 aromatic rings. The lowest BCUT2D eigenvalue weighted by atomic mass is 10.1. The molecule has 0 aliphatic rings. The lowest BCUT2D eigenvalue weighted by molar-refractivity contribution is 0.415. The molecule has 3 heteroatoms. The Morgan fingerprint density at radius 1 is 1.11 bits per heavy atom. The van der Waals surface area contributed by atoms with Crippen LogP contribution in [-0.4, -0.2) is 13.2 Å². The molecule has 0 aliphatic carbocycles. The zero-order valence-electron chi connectivity index (χ0n) is 11.2. The van der Waals surface area contributed by atoms with Crippen molar-refractivity contribution in [2.75, 3.05) is 12.4 Å². The number of hydrogen-bond acceptors (Lipinski definition) is 2. The summed E-state index contributed by atoms with van der Waals surface area (Å²) in [7, 11) is 1.67. The number of rotatable bonds is 5. The number of ether oxygens (including phenoxy) is 1. The zero-order valence-corrected chi connectivity index (χ0v) is 11.9. The summed E-state index contributed by atoms with van der Waals surface area (Å²) >= 11 is 6.17. The Hall–Kier alpha value is -1.67. The molecule has 1 unspecified atom stereocenters. The Morgan fingerprint density at radius 2 is 1.79 bits per heavy atom. The van der Waals surface area contributed by atoms with Crippen molar-refractivity contribution in [3.05, 3.63) is 59.1 Å². The highest BCUT2D eigenvalue weighted by Gasteiger charge is 2.06. The largest absolute Gasteiger partial charge is 0.497 e. The fraction of sp³-hybridized carbons (Fsp3) is 0.250. The van der Waals surface area contributed by atoms with Gasteiger partial charge in [0, 0.05) is 16.8 Å². The lowest BCUT2D eigenvalue weighted by Crippen LogP contribution is -2.18. The molecule has 2 nitrogen and oxygen atoms in total. The quantitative estimate of drug-likeness (QED) is 0.874. The van der Waals surface area contributed by atoms with E-state index >= 15 is 0 Å². The van der Waals surface area contributed by atoms with Gasteiger partial charge in [-0.15, -0.1) is 0 Å². The molecular weight excluding hydrogens is 258 g/mol. The van der Waals surface area contributed by atoms with E-state index in [1.165, 1.54) is 0 Å². The van der Waals surface area contributed by atoms with E-state index in [0.29, 0.717) is 6.04 Å². The van der Waals surface area contributed by atoms with E-state index in [-0.39, 0.29) is 0 Å². The molecule has 0 spiro atoms. The van der Waals surface area contributed by atoms with Gasteiger partial charge in [0.15, 0.2) is 0 Å². The van der Waals surface area contributed by atoms with E-state index in [4.69, 9.17) is 16.3 Å². The Balaban J connectivity index is 1.97. The van der Waals surface area contributed by atoms with E-state index in [1.54, 1.807) is 7.11 Å². The number of nitrogens with one attached hydrogen (secondary N) is 1. The van der Waals surface area contributed by atoms with E-state index in [1.807, 2.05) is 42.5 Å². The van der Waals surface area contributed by atoms with Crippen LogP contribution in [-0.2, 0) is 6.42 Å². The molecule has 0 fully saturated rings. The van der Waals surface area contributed by atoms with Gasteiger partial charge in [-0.25, -0.2) is 0 Å². The monoisotopic (exact) mass is 275 g/mol. The summed E-state index contributed by atoms with van der Waals surface area (Å²) in [6.45, 7) is 2.15. The molecule has 0 amide bonds. The van der Waals surface area contributed by atoms with Crippen LogP contribution in [0.4, 0.5) is 5.69 Å². The third-order valence-corrected chi connectivity index (χ3v) is 3.36. The Bertz CT molecular complexity index is 525. The van der Waals surface area contributed by atoms with Crippen LogP contribution < -0.4 is 10.1 Å². The topological polar surface area (TPSA) is 21.3 Å². The molecule has 0 radical (unpaired) electrons. The molecule has 1 N–H and O–H groups in total. The summed E-state index contributed by atoms with van der Waals surface area (Å²) in [5, 5.41) is 4.28. The van der Waals surface area contributed by atoms with Crippen molar-refractivity contribution >= 4 is 17.3 Å². The standard InChI is InChI=1S/C16H18ClNO/c1-12(11-13-5-3-4-6-16(13)17)18-14-7-9-15(19-2)10-8-14/h3-10,12,18H,11H2,1-2H3. The minimum absolute atomic E-state index is 0.313. The molecule has 0 bridgehead atoms. The van der Waals surface area contributed by atoms with E-state index < -0.39 is 0 Å². The first-order valence-electron chi connectivity index (χ1n) is 6.33. The Kier molecular flexibility index (Phi) is 4.69. The highest BCUT2D eigenvalue weighted by Crippen LogP contribution is 2.19. The molecular formula is C16H18ClNO. The SMILES string of the molecule is COc1ccc(NC(C)Cc2ccccc2Cl)cc1. The summed E-state index contributed by atoms with van der Waals surface area (Å²) in [5.74, 6) is 0.865. The normalized spacial score (nSPS) is 11.9. The molecule has 100 valence electrons. The zero-order chi connectivity index (χ0) is 13.7. The van der Waals surface area contributed by atoms with Gasteiger partial charge in [0.25, 0.3) is 0 Å². The van der Waals surface area contributed by atoms with Gasteiger partial charge in [-0.2, -0.15) is 0 Å². The first-order chi connectivity index (χ1) is 9.19. The van der Waals surface area contributed by atoms with Crippen LogP contribution in [0.15, 0.2) is 48.5 Å². The van der Waals surface area contributed by atoms with Crippen molar-refractivity contribution in [3.63, 3.8) is 0 Å². The van der Waals surface area contributed by atoms with Crippen molar-refractivity contribution in [1.29, 1.82) is 0 Å². The molecule has 2 rings (SSSR count). The number of benzene rings is 2. The smallest absolute Gasteiger partial charge is 0.119 e. The predicted octanol–water partition coefficient (Wildman–Crippen LogP) is 4.39. The van der Waals surface area contributed by atoms with Gasteiger partial charge in [-0.3, -0.25) is 0 Å². The number of methoxy groups -OCH3 is 1. The maximum absolute atomic E-state index is 6.17. The van der Waals surface area contributed by atoms with Crippen LogP contribution >= 0.6 is 11.6 Å². The number of halogens is 1. The summed E-state index contributed by atoms with van der Waals surface area (Å²) in [6, 6.07) is 16.2. The summed E-state index contributed by atoms with van der Waals surface area (Å²) in [5.41, 5.74) is 2.25. The van der Waals surface area contributed by atoms with Gasteiger partial charge in [0.1, 0.15) is 5.75 Å². The van der Waals surface area contributed by atoms with Crippen molar-refractivity contribution in [3.8, 4) is 5.75 Å². The van der Waals surface area contributed by atoms with Gasteiger partial charge < -0.3 is 10.1 Å². The molecule has 0 aliphatic heterocycles. The van der Waals surface area contributed by atoms with E-state index in [2.05, 4.69) is 18.3 Å². The van der Waals surface area contributed by atoms with E-state index in [9.17, 15) is 0 Å². The summed E-state index contributed by atoms with van der Waals surface area (Å²) in [4.78, 5) is 0. The van der Waals surface area contributed by atoms with Gasteiger partial charge in [-0.1, -0.05) is 29.8 Å². The highest BCUT2D eigenvalue weighted by atomic mass is 35.5. The van der Waals surface area contributed by atoms with Crippen LogP contribution in [0.25, 0.3) is 0 Å². The summed E-state index contributed by atoms with van der Waals surface area (Å²) < 4.78 is 5.14. The molecule has 2 aromatic carbocycles. The lowest BCUT2D eigenvalue weighted by Gasteiger charge is -2.16. The van der Waals surface area contributed by atoms with Crippen molar-refractivity contribution in [2.45, 2.75) is 19.4 Å². The molecule has 0 saturated heterocycles. The minimum Gasteiger partial charge on any atom is -0.497 e. The molecule has 0 saturated carbocycles. The number of hydrogen-bond donors (Lipinski definition) is 1. The molecule has 0 aromatic heterocycles. The second-order valence-corrected chi connectivity index (χ2v) is 4.98. The van der Waals surface area contributed by atoms with Crippen molar-refractivity contribution in [1.82, 2.24) is 0 Å². The van der Waals surface area contributed by atoms with Crippen molar-refractivity contribution in [2.24, 2.45) is 0 Å². The van der Waals surface area contributed by atoms with Crippen LogP contribution in [0.2, 0.25) is 5.02 Å². The Morgan fingerprint density at radius 3 is 2.42 bits per heavy atom. The highest BCUT2D eigenvalue weighted by molar-refractivity contribution is 6.31. The van der Waals surface area contributed by atoms with Crippen LogP contribution in [0.1, 0.15) is 12.5 Å². The van der Waals surface area contributed by atoms with Gasteiger partial charge in [0.05, 0.1) is 7.11 Å². The predicted molar refractivity (Wildman–Crippen MR) is 81.2 cm³/mol. The minimum atomic E-state index is 0.313. The molecule has 19 heavy (non-hydrogen) atoms. The number of anilines is 1. The second-order valence-electron chi connectivity index (χ2n) is 4.57. The molecule has 1 atom stereocenters.